The maximum atomic E-state index is 14.1. The number of piperidine rings is 2. The van der Waals surface area contributed by atoms with Gasteiger partial charge in [-0.15, -0.1) is 12.3 Å². The van der Waals surface area contributed by atoms with Crippen LogP contribution >= 0.6 is 23.2 Å². The third-order valence-electron chi connectivity index (χ3n) is 18.9. The number of nitrogens with zero attached hydrogens (tertiary/aromatic N) is 4. The summed E-state index contributed by atoms with van der Waals surface area (Å²) in [6, 6.07) is 23.9. The first-order chi connectivity index (χ1) is 45.9. The van der Waals surface area contributed by atoms with Gasteiger partial charge in [-0.05, 0) is 161 Å². The SMILES string of the molecule is C#CC[C@H](NC(=O)[C@@H]1C[C@@H](OCc2ccc(Cl)cc2)CN1C(=O)[C@@H](CCC1CCNCC1)NS(C)(=O)=O)C(=O)c1nc2ccccc2o1.O=C(c1nc2ccccc2o1)[C@H](CC1CCCCC1)NC(=O)[C@@H]1C[C@@H](OCc2ccc(Cl)cc2)CN1C(=O)CCCC1CCNCC1. The summed E-state index contributed by atoms with van der Waals surface area (Å²) in [6.07, 6.45) is 19.3. The number of ketones is 2. The largest absolute Gasteiger partial charge is 0.434 e. The first-order valence-corrected chi connectivity index (χ1v) is 36.1. The molecule has 1 aliphatic carbocycles. The van der Waals surface area contributed by atoms with E-state index in [4.69, 9.17) is 47.9 Å². The molecule has 7 atom stereocenters. The highest BCUT2D eigenvalue weighted by Crippen LogP contribution is 2.32. The number of Topliss-reactive ketones (excluding diaryl/α,β-unsaturated/α-hetero) is 2. The van der Waals surface area contributed by atoms with Gasteiger partial charge in [0.1, 0.15) is 35.2 Å². The highest BCUT2D eigenvalue weighted by atomic mass is 35.5. The average Bonchev–Trinajstić information content (AvgIpc) is 1.70. The van der Waals surface area contributed by atoms with E-state index in [1.165, 1.54) is 11.3 Å². The fourth-order valence-electron chi connectivity index (χ4n) is 13.7. The van der Waals surface area contributed by atoms with Crippen molar-refractivity contribution in [3.8, 4) is 12.3 Å². The number of fused-ring (bicyclic) bond motifs is 2. The molecule has 0 unspecified atom stereocenters. The van der Waals surface area contributed by atoms with Gasteiger partial charge in [-0.3, -0.25) is 28.8 Å². The number of benzene rings is 4. The van der Waals surface area contributed by atoms with Crippen molar-refractivity contribution in [3.63, 3.8) is 0 Å². The minimum Gasteiger partial charge on any atom is -0.434 e. The van der Waals surface area contributed by atoms with Gasteiger partial charge in [0.25, 0.3) is 11.8 Å². The molecular weight excluding hydrogens is 1270 g/mol. The van der Waals surface area contributed by atoms with Crippen LogP contribution in [0.3, 0.4) is 0 Å². The van der Waals surface area contributed by atoms with E-state index < -0.39 is 63.9 Å². The predicted octanol–water partition coefficient (Wildman–Crippen LogP) is 9.53. The number of amides is 4. The Labute approximate surface area is 565 Å². The third kappa shape index (κ3) is 20.3. The van der Waals surface area contributed by atoms with Crippen molar-refractivity contribution in [1.29, 1.82) is 0 Å². The Morgan fingerprint density at radius 3 is 1.63 bits per heavy atom. The van der Waals surface area contributed by atoms with Crippen molar-refractivity contribution in [2.45, 2.75) is 171 Å². The van der Waals surface area contributed by atoms with E-state index in [-0.39, 0.29) is 67.9 Å². The van der Waals surface area contributed by atoms with E-state index in [1.807, 2.05) is 54.6 Å². The Bertz CT molecular complexity index is 3670. The third-order valence-corrected chi connectivity index (χ3v) is 20.1. The number of ether oxygens (including phenoxy) is 2. The van der Waals surface area contributed by atoms with E-state index in [9.17, 15) is 37.2 Å². The van der Waals surface area contributed by atoms with Gasteiger partial charge in [0.2, 0.25) is 45.2 Å². The van der Waals surface area contributed by atoms with Crippen LogP contribution in [0.4, 0.5) is 0 Å². The number of rotatable bonds is 27. The van der Waals surface area contributed by atoms with Gasteiger partial charge in [0.05, 0.1) is 37.7 Å². The molecule has 0 bridgehead atoms. The summed E-state index contributed by atoms with van der Waals surface area (Å²) in [5.41, 5.74) is 3.86. The lowest BCUT2D eigenvalue weighted by Crippen LogP contribution is -2.55. The second kappa shape index (κ2) is 34.2. The lowest BCUT2D eigenvalue weighted by Gasteiger charge is -2.30. The smallest absolute Gasteiger partial charge is 0.266 e. The standard InChI is InChI=1S/C37H47ClN4O5.C34H40ClN5O7S/c38-28-15-13-27(14-16-28)24-46-29-22-32(42(23-29)34(43)12-6-9-25-17-19-39-20-18-25)36(45)40-31(21-26-7-2-1-3-8-26)35(44)37-41-30-10-4-5-11-33(30)47-37;1-3-6-27(31(41)33-38-26-7-4-5-8-30(26)47-33)37-32(42)29-19-25(46-21-23-9-12-24(35)13-10-23)20-40(29)34(43)28(39-48(2,44)45)14-11-22-15-17-36-18-16-22/h4-5,10-11,13-16,25-26,29,31-32,39H,1-3,6-9,12,17-24H2,(H,40,45);1,4-5,7-10,12-13,22,25,27-29,36,39H,6,11,14-21H2,2H3,(H,37,42)/t29-,31+,32+;25-,27+,28-,29+/m11/s1. The molecule has 4 aromatic carbocycles. The average molecular weight is 1360 g/mol. The zero-order valence-electron chi connectivity index (χ0n) is 53.8. The number of carbonyl (C=O) groups is 6. The number of para-hydroxylation sites is 4. The molecule has 21 nitrogen and oxygen atoms in total. The van der Waals surface area contributed by atoms with Gasteiger partial charge in [-0.2, -0.15) is 0 Å². The van der Waals surface area contributed by atoms with Crippen molar-refractivity contribution in [2.75, 3.05) is 45.5 Å². The van der Waals surface area contributed by atoms with Crippen LogP contribution in [0.25, 0.3) is 22.2 Å². The number of carbonyl (C=O) groups excluding carboxylic acids is 6. The lowest BCUT2D eigenvalue weighted by atomic mass is 9.84. The normalized spacial score (nSPS) is 20.7. The molecule has 5 aliphatic rings. The van der Waals surface area contributed by atoms with Crippen LogP contribution in [0, 0.1) is 30.1 Å². The molecule has 2 aromatic heterocycles. The number of hydrogen-bond acceptors (Lipinski definition) is 16. The predicted molar refractivity (Wildman–Crippen MR) is 362 cm³/mol. The van der Waals surface area contributed by atoms with Gasteiger partial charge < -0.3 is 49.4 Å². The number of likely N-dealkylation sites (tertiary alicyclic amines) is 2. The summed E-state index contributed by atoms with van der Waals surface area (Å²) >= 11 is 12.1. The van der Waals surface area contributed by atoms with Gasteiger partial charge in [0, 0.05) is 48.8 Å². The van der Waals surface area contributed by atoms with Gasteiger partial charge >= 0.3 is 0 Å². The molecule has 5 N–H and O–H groups in total. The summed E-state index contributed by atoms with van der Waals surface area (Å²) in [4.78, 5) is 95.0. The zero-order chi connectivity index (χ0) is 66.8. The van der Waals surface area contributed by atoms with Gasteiger partial charge in [0.15, 0.2) is 11.2 Å². The van der Waals surface area contributed by atoms with E-state index in [0.29, 0.717) is 88.8 Å². The van der Waals surface area contributed by atoms with Crippen LogP contribution in [0.2, 0.25) is 10.0 Å². The molecule has 0 radical (unpaired) electrons. The van der Waals surface area contributed by atoms with Crippen LogP contribution in [-0.2, 0) is 51.9 Å². The second-order valence-corrected chi connectivity index (χ2v) is 28.6. The van der Waals surface area contributed by atoms with Gasteiger partial charge in [-0.1, -0.05) is 104 Å². The summed E-state index contributed by atoms with van der Waals surface area (Å²) in [5.74, 6) is 1.09. The van der Waals surface area contributed by atoms with Crippen LogP contribution in [0.1, 0.15) is 148 Å². The van der Waals surface area contributed by atoms with Crippen molar-refractivity contribution in [3.05, 3.63) is 130 Å². The Hall–Kier alpha value is -7.07. The first-order valence-electron chi connectivity index (χ1n) is 33.5. The number of hydrogen-bond donors (Lipinski definition) is 5. The fourth-order valence-corrected chi connectivity index (χ4v) is 14.7. The van der Waals surface area contributed by atoms with Crippen molar-refractivity contribution < 1.29 is 55.5 Å². The van der Waals surface area contributed by atoms with Gasteiger partial charge in [-0.25, -0.2) is 23.1 Å². The first kappa shape index (κ1) is 70.7. The topological polar surface area (TPSA) is 274 Å². The van der Waals surface area contributed by atoms with Crippen LogP contribution < -0.4 is 26.0 Å². The highest BCUT2D eigenvalue weighted by molar-refractivity contribution is 7.88. The molecule has 6 aromatic rings. The Morgan fingerprint density at radius 2 is 1.12 bits per heavy atom. The molecule has 4 amide bonds. The number of nitrogens with one attached hydrogen (secondary N) is 5. The maximum absolute atomic E-state index is 14.1. The number of terminal acetylenes is 1. The minimum absolute atomic E-state index is 0.00810. The summed E-state index contributed by atoms with van der Waals surface area (Å²) in [5, 5.41) is 13.7. The lowest BCUT2D eigenvalue weighted by molar-refractivity contribution is -0.140. The van der Waals surface area contributed by atoms with Crippen molar-refractivity contribution >= 4 is 90.6 Å². The summed E-state index contributed by atoms with van der Waals surface area (Å²) < 4.78 is 51.2. The zero-order valence-corrected chi connectivity index (χ0v) is 56.2. The fraction of sp³-hybridized carbons (Fsp3) is 0.521. The van der Waals surface area contributed by atoms with E-state index in [1.54, 1.807) is 47.4 Å². The Balaban J connectivity index is 0.000000207. The number of oxazole rings is 2. The molecule has 4 aliphatic heterocycles. The number of halogens is 2. The Morgan fingerprint density at radius 1 is 0.632 bits per heavy atom. The minimum atomic E-state index is -3.77. The highest BCUT2D eigenvalue weighted by Gasteiger charge is 2.45. The van der Waals surface area contributed by atoms with E-state index in [2.05, 4.69) is 41.9 Å². The molecule has 508 valence electrons. The van der Waals surface area contributed by atoms with E-state index in [0.717, 1.165) is 108 Å². The quantitative estimate of drug-likeness (QED) is 0.0237. The van der Waals surface area contributed by atoms with Crippen molar-refractivity contribution in [1.82, 2.24) is 45.8 Å². The molecule has 4 saturated heterocycles. The van der Waals surface area contributed by atoms with Crippen LogP contribution in [-0.4, -0.2) is 151 Å². The molecule has 95 heavy (non-hydrogen) atoms. The van der Waals surface area contributed by atoms with Crippen LogP contribution in [0.15, 0.2) is 106 Å². The molecular formula is C71H87Cl2N9O12S. The van der Waals surface area contributed by atoms with E-state index >= 15 is 0 Å². The summed E-state index contributed by atoms with van der Waals surface area (Å²) in [7, 11) is -3.77. The number of aromatic nitrogens is 2. The summed E-state index contributed by atoms with van der Waals surface area (Å²) in [6.45, 7) is 4.73. The van der Waals surface area contributed by atoms with Crippen LogP contribution in [0.5, 0.6) is 0 Å². The van der Waals surface area contributed by atoms with Crippen molar-refractivity contribution in [2.24, 2.45) is 17.8 Å². The Kier molecular flexibility index (Phi) is 25.5. The second-order valence-electron chi connectivity index (χ2n) is 25.9. The molecule has 0 spiro atoms. The molecule has 1 saturated carbocycles. The maximum Gasteiger partial charge on any atom is 0.266 e. The molecule has 24 heteroatoms. The monoisotopic (exact) mass is 1360 g/mol. The number of sulfonamides is 1. The molecule has 5 fully saturated rings. The molecule has 6 heterocycles. The molecule has 11 rings (SSSR count).